The molecular formula is C25H22F3N5O4S. The van der Waals surface area contributed by atoms with Gasteiger partial charge >= 0.3 is 0 Å². The van der Waals surface area contributed by atoms with Gasteiger partial charge in [-0.1, -0.05) is 0 Å². The molecule has 0 aliphatic carbocycles. The SMILES string of the molecule is COCCOc1cc(=O)n2cc(N3C(=S)N(c4ccc(C#N)c(C(C)(F)F)c4)C(=O)C3(C)C)cc(F)c2n1. The molecule has 1 fully saturated rings. The molecule has 1 aliphatic heterocycles. The first-order valence-corrected chi connectivity index (χ1v) is 11.7. The van der Waals surface area contributed by atoms with Gasteiger partial charge in [-0.05, 0) is 44.3 Å². The molecule has 1 amide bonds. The Labute approximate surface area is 220 Å². The molecule has 1 aliphatic rings. The molecule has 0 radical (unpaired) electrons. The van der Waals surface area contributed by atoms with Crippen LogP contribution in [0.25, 0.3) is 5.65 Å². The van der Waals surface area contributed by atoms with Crippen LogP contribution in [0.2, 0.25) is 0 Å². The smallest absolute Gasteiger partial charge is 0.271 e. The number of ether oxygens (including phenoxy) is 2. The lowest BCUT2D eigenvalue weighted by Crippen LogP contribution is -2.44. The quantitative estimate of drug-likeness (QED) is 0.327. The van der Waals surface area contributed by atoms with E-state index in [1.807, 2.05) is 0 Å². The van der Waals surface area contributed by atoms with E-state index < -0.39 is 34.3 Å². The zero-order valence-electron chi connectivity index (χ0n) is 20.8. The van der Waals surface area contributed by atoms with E-state index in [1.54, 1.807) is 6.07 Å². The summed E-state index contributed by atoms with van der Waals surface area (Å²) >= 11 is 5.55. The number of carbonyl (C=O) groups is 1. The third kappa shape index (κ3) is 4.57. The number of nitrogens with zero attached hydrogens (tertiary/aromatic N) is 5. The molecule has 3 aromatic rings. The van der Waals surface area contributed by atoms with Crippen molar-refractivity contribution in [2.75, 3.05) is 30.1 Å². The third-order valence-electron chi connectivity index (χ3n) is 6.00. The molecule has 0 saturated carbocycles. The lowest BCUT2D eigenvalue weighted by molar-refractivity contribution is -0.120. The Morgan fingerprint density at radius 1 is 1.16 bits per heavy atom. The maximum Gasteiger partial charge on any atom is 0.271 e. The maximum atomic E-state index is 15.2. The number of aromatic nitrogens is 2. The van der Waals surface area contributed by atoms with Crippen molar-refractivity contribution in [3.63, 3.8) is 0 Å². The maximum absolute atomic E-state index is 15.2. The summed E-state index contributed by atoms with van der Waals surface area (Å²) in [6, 6.07) is 7.41. The summed E-state index contributed by atoms with van der Waals surface area (Å²) in [6.45, 7) is 4.04. The number of pyridine rings is 1. The van der Waals surface area contributed by atoms with Crippen molar-refractivity contribution in [1.82, 2.24) is 9.38 Å². The Morgan fingerprint density at radius 3 is 2.50 bits per heavy atom. The molecule has 13 heteroatoms. The molecule has 0 N–H and O–H groups in total. The number of nitriles is 1. The van der Waals surface area contributed by atoms with Crippen molar-refractivity contribution >= 4 is 40.3 Å². The van der Waals surface area contributed by atoms with Crippen LogP contribution in [0, 0.1) is 17.1 Å². The van der Waals surface area contributed by atoms with Gasteiger partial charge in [0.15, 0.2) is 16.6 Å². The summed E-state index contributed by atoms with van der Waals surface area (Å²) in [4.78, 5) is 32.6. The summed E-state index contributed by atoms with van der Waals surface area (Å²) < 4.78 is 54.8. The van der Waals surface area contributed by atoms with E-state index >= 15 is 4.39 Å². The number of rotatable bonds is 7. The molecule has 1 saturated heterocycles. The molecule has 0 spiro atoms. The van der Waals surface area contributed by atoms with Gasteiger partial charge in [0.1, 0.15) is 12.1 Å². The zero-order chi connectivity index (χ0) is 28.0. The number of thiocarbonyl (C=S) groups is 1. The van der Waals surface area contributed by atoms with Gasteiger partial charge in [0.05, 0.1) is 35.7 Å². The highest BCUT2D eigenvalue weighted by Gasteiger charge is 2.51. The van der Waals surface area contributed by atoms with Crippen molar-refractivity contribution in [1.29, 1.82) is 5.26 Å². The van der Waals surface area contributed by atoms with Crippen LogP contribution in [0.5, 0.6) is 5.88 Å². The van der Waals surface area contributed by atoms with Gasteiger partial charge in [-0.3, -0.25) is 18.9 Å². The summed E-state index contributed by atoms with van der Waals surface area (Å²) in [5.41, 5.74) is -3.07. The minimum Gasteiger partial charge on any atom is -0.475 e. The average Bonchev–Trinajstić information content (AvgIpc) is 3.02. The Morgan fingerprint density at radius 2 is 1.87 bits per heavy atom. The number of methoxy groups -OCH3 is 1. The lowest BCUT2D eigenvalue weighted by Gasteiger charge is -2.29. The van der Waals surface area contributed by atoms with Gasteiger partial charge in [0.25, 0.3) is 17.4 Å². The van der Waals surface area contributed by atoms with Crippen LogP contribution in [0.15, 0.2) is 41.3 Å². The third-order valence-corrected chi connectivity index (χ3v) is 6.36. The number of hydrogen-bond donors (Lipinski definition) is 0. The Balaban J connectivity index is 1.79. The van der Waals surface area contributed by atoms with Gasteiger partial charge in [-0.15, -0.1) is 0 Å². The highest BCUT2D eigenvalue weighted by Crippen LogP contribution is 2.39. The first kappa shape index (κ1) is 27.0. The van der Waals surface area contributed by atoms with Gasteiger partial charge in [0.2, 0.25) is 5.88 Å². The molecule has 2 aromatic heterocycles. The van der Waals surface area contributed by atoms with E-state index in [9.17, 15) is 23.6 Å². The van der Waals surface area contributed by atoms with Crippen LogP contribution in [-0.2, 0) is 15.5 Å². The highest BCUT2D eigenvalue weighted by atomic mass is 32.1. The van der Waals surface area contributed by atoms with E-state index in [1.165, 1.54) is 44.2 Å². The number of alkyl halides is 2. The van der Waals surface area contributed by atoms with Crippen LogP contribution in [-0.4, -0.2) is 46.3 Å². The molecule has 38 heavy (non-hydrogen) atoms. The largest absolute Gasteiger partial charge is 0.475 e. The minimum atomic E-state index is -3.36. The second-order valence-corrected chi connectivity index (χ2v) is 9.43. The standard InChI is InChI=1S/C25H22F3N5O4S/c1-24(2)22(35)32(15-6-5-14(12-29)17(9-15)25(3,27)28)23(38)33(24)16-10-18(26)21-30-19(37-8-7-36-4)11-20(34)31(21)13-16/h5-6,9-11,13H,7-8H2,1-4H3. The van der Waals surface area contributed by atoms with Crippen LogP contribution < -0.4 is 20.1 Å². The average molecular weight is 546 g/mol. The minimum absolute atomic E-state index is 0.0176. The number of benzene rings is 1. The zero-order valence-corrected chi connectivity index (χ0v) is 21.6. The van der Waals surface area contributed by atoms with Crippen LogP contribution in [0.4, 0.5) is 24.5 Å². The molecule has 0 atom stereocenters. The number of fused-ring (bicyclic) bond motifs is 1. The van der Waals surface area contributed by atoms with Gasteiger partial charge in [-0.2, -0.15) is 10.2 Å². The summed E-state index contributed by atoms with van der Waals surface area (Å²) in [5, 5.41) is 9.11. The number of amides is 1. The lowest BCUT2D eigenvalue weighted by atomic mass is 10.0. The van der Waals surface area contributed by atoms with Crippen molar-refractivity contribution in [2.45, 2.75) is 32.2 Å². The molecule has 1 aromatic carbocycles. The second-order valence-electron chi connectivity index (χ2n) is 9.06. The molecule has 4 rings (SSSR count). The van der Waals surface area contributed by atoms with Crippen LogP contribution in [0.1, 0.15) is 31.9 Å². The Hall–Kier alpha value is -4.02. The van der Waals surface area contributed by atoms with Crippen LogP contribution in [0.3, 0.4) is 0 Å². The first-order valence-electron chi connectivity index (χ1n) is 11.3. The van der Waals surface area contributed by atoms with E-state index in [-0.39, 0.29) is 46.8 Å². The van der Waals surface area contributed by atoms with Crippen molar-refractivity contribution in [3.05, 3.63) is 63.8 Å². The fourth-order valence-corrected chi connectivity index (χ4v) is 4.66. The predicted molar refractivity (Wildman–Crippen MR) is 136 cm³/mol. The molecule has 9 nitrogen and oxygen atoms in total. The van der Waals surface area contributed by atoms with Crippen molar-refractivity contribution in [2.24, 2.45) is 0 Å². The van der Waals surface area contributed by atoms with Crippen molar-refractivity contribution < 1.29 is 27.4 Å². The molecular weight excluding hydrogens is 523 g/mol. The highest BCUT2D eigenvalue weighted by molar-refractivity contribution is 7.81. The summed E-state index contributed by atoms with van der Waals surface area (Å²) in [6.07, 6.45) is 1.28. The number of hydrogen-bond acceptors (Lipinski definition) is 7. The van der Waals surface area contributed by atoms with E-state index in [4.69, 9.17) is 21.7 Å². The normalized spacial score (nSPS) is 15.3. The van der Waals surface area contributed by atoms with Gasteiger partial charge in [0, 0.05) is 31.9 Å². The van der Waals surface area contributed by atoms with Crippen molar-refractivity contribution in [3.8, 4) is 11.9 Å². The number of anilines is 2. The van der Waals surface area contributed by atoms with E-state index in [0.717, 1.165) is 27.5 Å². The molecule has 0 bridgehead atoms. The summed E-state index contributed by atoms with van der Waals surface area (Å²) in [7, 11) is 1.47. The molecule has 3 heterocycles. The fourth-order valence-electron chi connectivity index (χ4n) is 4.14. The van der Waals surface area contributed by atoms with Gasteiger partial charge < -0.3 is 14.4 Å². The Bertz CT molecular complexity index is 1560. The predicted octanol–water partition coefficient (Wildman–Crippen LogP) is 3.76. The van der Waals surface area contributed by atoms with Gasteiger partial charge in [-0.25, -0.2) is 13.2 Å². The fraction of sp³-hybridized carbons (Fsp3) is 0.320. The van der Waals surface area contributed by atoms with E-state index in [0.29, 0.717) is 6.92 Å². The monoisotopic (exact) mass is 545 g/mol. The van der Waals surface area contributed by atoms with E-state index in [2.05, 4.69) is 4.98 Å². The summed E-state index contributed by atoms with van der Waals surface area (Å²) in [5.74, 6) is -4.90. The number of halogens is 3. The second kappa shape index (κ2) is 9.70. The first-order chi connectivity index (χ1) is 17.8. The topological polar surface area (TPSA) is 100 Å². The number of carbonyl (C=O) groups excluding carboxylic acids is 1. The van der Waals surface area contributed by atoms with Crippen LogP contribution >= 0.6 is 12.2 Å². The Kier molecular flexibility index (Phi) is 6.90. The molecule has 198 valence electrons. The molecule has 0 unspecified atom stereocenters.